The van der Waals surface area contributed by atoms with Gasteiger partial charge in [0.15, 0.2) is 0 Å². The maximum atomic E-state index is 12.7. The SMILES string of the molecule is CC(C)(C)OC=O.CCCCCCCCCCCCCCNC(=O)C1CCCN1C(=O)NCCCCCCCCCCCCCC. The number of carbonyl (C=O) groups excluding carboxylic acids is 3. The molecule has 7 heteroatoms. The van der Waals surface area contributed by atoms with Gasteiger partial charge in [0, 0.05) is 19.6 Å². The zero-order valence-electron chi connectivity index (χ0n) is 31.2. The Balaban J connectivity index is 0.00000258. The third-order valence-corrected chi connectivity index (χ3v) is 8.85. The van der Waals surface area contributed by atoms with E-state index in [1.807, 2.05) is 20.8 Å². The number of hydrogen-bond donors (Lipinski definition) is 2. The number of nitrogens with zero attached hydrogens (tertiary/aromatic N) is 1. The molecule has 46 heavy (non-hydrogen) atoms. The highest BCUT2D eigenvalue weighted by molar-refractivity contribution is 5.87. The molecular weight excluding hydrogens is 574 g/mol. The molecule has 2 N–H and O–H groups in total. The standard InChI is InChI=1S/C34H67N3O2.C5H10O2/c1-3-5-7-9-11-13-15-17-19-21-23-25-29-35-33(38)32-28-27-31-37(32)34(39)36-30-26-24-22-20-18-16-14-12-10-8-6-4-2;1-5(2,3)7-4-6/h32H,3-31H2,1-2H3,(H,35,38)(H,36,39);4H,1-3H3. The van der Waals surface area contributed by atoms with Crippen LogP contribution in [0.3, 0.4) is 0 Å². The topological polar surface area (TPSA) is 87.7 Å². The molecule has 0 radical (unpaired) electrons. The van der Waals surface area contributed by atoms with Gasteiger partial charge in [-0.05, 0) is 46.5 Å². The number of unbranched alkanes of at least 4 members (excludes halogenated alkanes) is 22. The smallest absolute Gasteiger partial charge is 0.318 e. The number of nitrogens with one attached hydrogen (secondary N) is 2. The molecule has 1 saturated heterocycles. The summed E-state index contributed by atoms with van der Waals surface area (Å²) in [6.45, 7) is 12.6. The third kappa shape index (κ3) is 28.4. The summed E-state index contributed by atoms with van der Waals surface area (Å²) in [6, 6.07) is -0.342. The average Bonchev–Trinajstić information content (AvgIpc) is 3.52. The van der Waals surface area contributed by atoms with E-state index in [0.29, 0.717) is 13.0 Å². The van der Waals surface area contributed by atoms with Crippen LogP contribution in [0.25, 0.3) is 0 Å². The van der Waals surface area contributed by atoms with E-state index in [-0.39, 0.29) is 23.6 Å². The number of hydrogen-bond acceptors (Lipinski definition) is 4. The van der Waals surface area contributed by atoms with Crippen molar-refractivity contribution in [1.82, 2.24) is 15.5 Å². The summed E-state index contributed by atoms with van der Waals surface area (Å²) >= 11 is 0. The van der Waals surface area contributed by atoms with Crippen LogP contribution in [-0.2, 0) is 14.3 Å². The van der Waals surface area contributed by atoms with E-state index in [1.165, 1.54) is 141 Å². The highest BCUT2D eigenvalue weighted by Gasteiger charge is 2.33. The van der Waals surface area contributed by atoms with Gasteiger partial charge >= 0.3 is 6.03 Å². The molecule has 0 aromatic rings. The summed E-state index contributed by atoms with van der Waals surface area (Å²) in [5.41, 5.74) is -0.318. The Morgan fingerprint density at radius 3 is 1.35 bits per heavy atom. The molecule has 1 atom stereocenters. The van der Waals surface area contributed by atoms with E-state index in [2.05, 4.69) is 29.2 Å². The molecule has 272 valence electrons. The Kier molecular flexibility index (Phi) is 30.6. The highest BCUT2D eigenvalue weighted by Crippen LogP contribution is 2.18. The van der Waals surface area contributed by atoms with E-state index in [1.54, 1.807) is 4.90 Å². The van der Waals surface area contributed by atoms with Gasteiger partial charge < -0.3 is 20.3 Å². The fraction of sp³-hybridized carbons (Fsp3) is 0.923. The van der Waals surface area contributed by atoms with E-state index in [4.69, 9.17) is 0 Å². The van der Waals surface area contributed by atoms with Crippen LogP contribution in [0.15, 0.2) is 0 Å². The number of carbonyl (C=O) groups is 3. The van der Waals surface area contributed by atoms with Crippen molar-refractivity contribution < 1.29 is 19.1 Å². The van der Waals surface area contributed by atoms with Gasteiger partial charge in [-0.2, -0.15) is 0 Å². The Morgan fingerprint density at radius 1 is 0.630 bits per heavy atom. The minimum atomic E-state index is -0.318. The molecule has 1 unspecified atom stereocenters. The first-order chi connectivity index (χ1) is 22.3. The van der Waals surface area contributed by atoms with Gasteiger partial charge in [0.25, 0.3) is 6.47 Å². The number of amides is 3. The number of rotatable bonds is 28. The van der Waals surface area contributed by atoms with Crippen molar-refractivity contribution in [3.63, 3.8) is 0 Å². The zero-order valence-corrected chi connectivity index (χ0v) is 31.2. The first kappa shape index (κ1) is 44.2. The maximum absolute atomic E-state index is 12.7. The maximum Gasteiger partial charge on any atom is 0.318 e. The molecule has 1 aliphatic rings. The van der Waals surface area contributed by atoms with Crippen molar-refractivity contribution in [3.05, 3.63) is 0 Å². The number of likely N-dealkylation sites (tertiary alicyclic amines) is 1. The van der Waals surface area contributed by atoms with Crippen LogP contribution >= 0.6 is 0 Å². The van der Waals surface area contributed by atoms with Crippen LogP contribution in [0, 0.1) is 0 Å². The predicted octanol–water partition coefficient (Wildman–Crippen LogP) is 10.6. The second-order valence-corrected chi connectivity index (χ2v) is 14.5. The van der Waals surface area contributed by atoms with E-state index in [0.717, 1.165) is 38.8 Å². The Labute approximate surface area is 285 Å². The summed E-state index contributed by atoms with van der Waals surface area (Å²) in [5.74, 6) is 0.0380. The Hall–Kier alpha value is -1.79. The fourth-order valence-electron chi connectivity index (χ4n) is 5.98. The van der Waals surface area contributed by atoms with E-state index >= 15 is 0 Å². The van der Waals surface area contributed by atoms with Crippen LogP contribution in [0.4, 0.5) is 4.79 Å². The third-order valence-electron chi connectivity index (χ3n) is 8.85. The molecule has 7 nitrogen and oxygen atoms in total. The van der Waals surface area contributed by atoms with Gasteiger partial charge in [0.1, 0.15) is 11.6 Å². The van der Waals surface area contributed by atoms with Crippen LogP contribution in [0.5, 0.6) is 0 Å². The summed E-state index contributed by atoms with van der Waals surface area (Å²) in [7, 11) is 0. The normalized spacial score (nSPS) is 14.5. The van der Waals surface area contributed by atoms with Crippen molar-refractivity contribution in [2.24, 2.45) is 0 Å². The first-order valence-corrected chi connectivity index (χ1v) is 19.7. The monoisotopic (exact) mass is 652 g/mol. The van der Waals surface area contributed by atoms with Crippen molar-refractivity contribution in [1.29, 1.82) is 0 Å². The molecule has 0 spiro atoms. The molecular formula is C39H77N3O4. The van der Waals surface area contributed by atoms with Crippen molar-refractivity contribution in [2.45, 2.75) is 213 Å². The molecule has 0 aromatic carbocycles. The Bertz CT molecular complexity index is 662. The second-order valence-electron chi connectivity index (χ2n) is 14.5. The molecule has 0 saturated carbocycles. The molecule has 1 heterocycles. The average molecular weight is 652 g/mol. The number of urea groups is 1. The quantitative estimate of drug-likeness (QED) is 0.0651. The predicted molar refractivity (Wildman–Crippen MR) is 195 cm³/mol. The highest BCUT2D eigenvalue weighted by atomic mass is 16.5. The van der Waals surface area contributed by atoms with Crippen LogP contribution in [0.1, 0.15) is 202 Å². The lowest BCUT2D eigenvalue weighted by atomic mass is 10.1. The van der Waals surface area contributed by atoms with Crippen molar-refractivity contribution >= 4 is 18.4 Å². The second kappa shape index (κ2) is 31.8. The summed E-state index contributed by atoms with van der Waals surface area (Å²) in [4.78, 5) is 36.8. The van der Waals surface area contributed by atoms with Gasteiger partial charge in [-0.15, -0.1) is 0 Å². The molecule has 1 aliphatic heterocycles. The van der Waals surface area contributed by atoms with Gasteiger partial charge in [-0.25, -0.2) is 4.79 Å². The van der Waals surface area contributed by atoms with Crippen molar-refractivity contribution in [3.8, 4) is 0 Å². The van der Waals surface area contributed by atoms with E-state index in [9.17, 15) is 14.4 Å². The van der Waals surface area contributed by atoms with Gasteiger partial charge in [-0.3, -0.25) is 9.59 Å². The minimum absolute atomic E-state index is 0.0380. The lowest BCUT2D eigenvalue weighted by Gasteiger charge is -2.24. The fourth-order valence-corrected chi connectivity index (χ4v) is 5.98. The summed E-state index contributed by atoms with van der Waals surface area (Å²) in [6.07, 6.45) is 33.4. The first-order valence-electron chi connectivity index (χ1n) is 19.7. The molecule has 1 rings (SSSR count). The molecule has 0 bridgehead atoms. The van der Waals surface area contributed by atoms with Crippen molar-refractivity contribution in [2.75, 3.05) is 19.6 Å². The summed E-state index contributed by atoms with van der Waals surface area (Å²) < 4.78 is 4.55. The van der Waals surface area contributed by atoms with Gasteiger partial charge in [0.05, 0.1) is 0 Å². The van der Waals surface area contributed by atoms with Gasteiger partial charge in [0.2, 0.25) is 5.91 Å². The largest absolute Gasteiger partial charge is 0.462 e. The minimum Gasteiger partial charge on any atom is -0.462 e. The van der Waals surface area contributed by atoms with E-state index < -0.39 is 0 Å². The lowest BCUT2D eigenvalue weighted by Crippen LogP contribution is -2.49. The zero-order chi connectivity index (χ0) is 34.1. The molecule has 0 aromatic heterocycles. The van der Waals surface area contributed by atoms with Crippen LogP contribution < -0.4 is 10.6 Å². The van der Waals surface area contributed by atoms with Crippen LogP contribution in [0.2, 0.25) is 0 Å². The van der Waals surface area contributed by atoms with Gasteiger partial charge in [-0.1, -0.05) is 155 Å². The van der Waals surface area contributed by atoms with Crippen LogP contribution in [-0.4, -0.2) is 54.6 Å². The molecule has 1 fully saturated rings. The molecule has 3 amide bonds. The molecule has 0 aliphatic carbocycles. The number of ether oxygens (including phenoxy) is 1. The lowest BCUT2D eigenvalue weighted by molar-refractivity contribution is -0.138. The summed E-state index contributed by atoms with van der Waals surface area (Å²) in [5, 5.41) is 6.17. The Morgan fingerprint density at radius 2 is 1.00 bits per heavy atom.